The van der Waals surface area contributed by atoms with Crippen molar-refractivity contribution in [3.05, 3.63) is 71.3 Å². The maximum absolute atomic E-state index is 12.0. The monoisotopic (exact) mass is 327 g/mol. The normalized spacial score (nSPS) is 11.6. The highest BCUT2D eigenvalue weighted by molar-refractivity contribution is 5.89. The largest absolute Gasteiger partial charge is 0.468 e. The van der Waals surface area contributed by atoms with E-state index in [0.29, 0.717) is 18.5 Å². The molecule has 2 rings (SSSR count). The van der Waals surface area contributed by atoms with Crippen LogP contribution in [0.1, 0.15) is 21.5 Å². The zero-order valence-electron chi connectivity index (χ0n) is 13.8. The fourth-order valence-electron chi connectivity index (χ4n) is 2.35. The molecule has 0 aromatic heterocycles. The van der Waals surface area contributed by atoms with Gasteiger partial charge in [0, 0.05) is 6.54 Å². The first-order valence-corrected chi connectivity index (χ1v) is 7.66. The summed E-state index contributed by atoms with van der Waals surface area (Å²) in [6.45, 7) is 0.494. The van der Waals surface area contributed by atoms with Gasteiger partial charge in [0.25, 0.3) is 0 Å². The van der Waals surface area contributed by atoms with Gasteiger partial charge < -0.3 is 14.8 Å². The molecule has 0 radical (unpaired) electrons. The number of carbonyl (C=O) groups excluding carboxylic acids is 2. The molecular weight excluding hydrogens is 306 g/mol. The van der Waals surface area contributed by atoms with E-state index in [1.54, 1.807) is 12.1 Å². The Balaban J connectivity index is 1.99. The van der Waals surface area contributed by atoms with Crippen LogP contribution in [0, 0.1) is 0 Å². The van der Waals surface area contributed by atoms with Crippen LogP contribution in [0.5, 0.6) is 0 Å². The first-order chi connectivity index (χ1) is 11.6. The standard InChI is InChI=1S/C19H21NO4/c1-23-18(21)16-10-8-15(9-11-16)13-20-17(19(22)24-2)12-14-6-4-3-5-7-14/h3-11,17,20H,12-13H2,1-2H3/t17-/m1/s1. The van der Waals surface area contributed by atoms with Crippen molar-refractivity contribution in [1.82, 2.24) is 5.32 Å². The van der Waals surface area contributed by atoms with Crippen LogP contribution in [0.25, 0.3) is 0 Å². The van der Waals surface area contributed by atoms with Gasteiger partial charge in [0.05, 0.1) is 19.8 Å². The Morgan fingerprint density at radius 1 is 0.917 bits per heavy atom. The summed E-state index contributed by atoms with van der Waals surface area (Å²) >= 11 is 0. The molecule has 1 N–H and O–H groups in total. The van der Waals surface area contributed by atoms with E-state index < -0.39 is 6.04 Å². The van der Waals surface area contributed by atoms with Crippen LogP contribution in [0.3, 0.4) is 0 Å². The van der Waals surface area contributed by atoms with Gasteiger partial charge in [-0.1, -0.05) is 42.5 Å². The van der Waals surface area contributed by atoms with Gasteiger partial charge in [-0.05, 0) is 29.7 Å². The number of ether oxygens (including phenoxy) is 2. The molecule has 0 heterocycles. The molecule has 0 bridgehead atoms. The van der Waals surface area contributed by atoms with Crippen molar-refractivity contribution in [2.45, 2.75) is 19.0 Å². The maximum atomic E-state index is 12.0. The highest BCUT2D eigenvalue weighted by Gasteiger charge is 2.19. The van der Waals surface area contributed by atoms with Gasteiger partial charge in [0.2, 0.25) is 0 Å². The summed E-state index contributed by atoms with van der Waals surface area (Å²) in [6.07, 6.45) is 0.549. The summed E-state index contributed by atoms with van der Waals surface area (Å²) < 4.78 is 9.55. The topological polar surface area (TPSA) is 64.6 Å². The van der Waals surface area contributed by atoms with Crippen LogP contribution in [-0.2, 0) is 27.2 Å². The van der Waals surface area contributed by atoms with E-state index in [4.69, 9.17) is 4.74 Å². The van der Waals surface area contributed by atoms with Gasteiger partial charge in [-0.25, -0.2) is 4.79 Å². The summed E-state index contributed by atoms with van der Waals surface area (Å²) in [5, 5.41) is 3.21. The zero-order valence-corrected chi connectivity index (χ0v) is 13.8. The summed E-state index contributed by atoms with van der Waals surface area (Å²) in [5.41, 5.74) is 2.51. The maximum Gasteiger partial charge on any atom is 0.337 e. The summed E-state index contributed by atoms with van der Waals surface area (Å²) in [7, 11) is 2.73. The van der Waals surface area contributed by atoms with Crippen molar-refractivity contribution in [2.75, 3.05) is 14.2 Å². The predicted octanol–water partition coefficient (Wildman–Crippen LogP) is 2.35. The summed E-state index contributed by atoms with van der Waals surface area (Å²) in [4.78, 5) is 23.4. The van der Waals surface area contributed by atoms with Crippen LogP contribution in [-0.4, -0.2) is 32.2 Å². The van der Waals surface area contributed by atoms with Crippen molar-refractivity contribution in [3.63, 3.8) is 0 Å². The van der Waals surface area contributed by atoms with E-state index in [-0.39, 0.29) is 11.9 Å². The third-order valence-electron chi connectivity index (χ3n) is 3.70. The Labute approximate surface area is 141 Å². The summed E-state index contributed by atoms with van der Waals surface area (Å²) in [5.74, 6) is -0.670. The number of nitrogens with one attached hydrogen (secondary N) is 1. The molecule has 1 atom stereocenters. The lowest BCUT2D eigenvalue weighted by Crippen LogP contribution is -2.39. The molecule has 0 unspecified atom stereocenters. The fraction of sp³-hybridized carbons (Fsp3) is 0.263. The minimum Gasteiger partial charge on any atom is -0.468 e. The van der Waals surface area contributed by atoms with E-state index in [0.717, 1.165) is 11.1 Å². The van der Waals surface area contributed by atoms with Crippen molar-refractivity contribution in [3.8, 4) is 0 Å². The lowest BCUT2D eigenvalue weighted by atomic mass is 10.1. The molecule has 2 aromatic carbocycles. The van der Waals surface area contributed by atoms with Gasteiger partial charge >= 0.3 is 11.9 Å². The highest BCUT2D eigenvalue weighted by Crippen LogP contribution is 2.08. The van der Waals surface area contributed by atoms with Crippen LogP contribution in [0.2, 0.25) is 0 Å². The van der Waals surface area contributed by atoms with Crippen molar-refractivity contribution >= 4 is 11.9 Å². The Bertz CT molecular complexity index is 668. The van der Waals surface area contributed by atoms with Crippen LogP contribution in [0.4, 0.5) is 0 Å². The molecule has 0 saturated heterocycles. The fourth-order valence-corrected chi connectivity index (χ4v) is 2.35. The number of hydrogen-bond donors (Lipinski definition) is 1. The van der Waals surface area contributed by atoms with Gasteiger partial charge in [0.1, 0.15) is 6.04 Å². The molecule has 0 aliphatic rings. The second-order valence-electron chi connectivity index (χ2n) is 5.33. The van der Waals surface area contributed by atoms with Gasteiger partial charge in [-0.15, -0.1) is 0 Å². The molecule has 0 spiro atoms. The van der Waals surface area contributed by atoms with Crippen LogP contribution >= 0.6 is 0 Å². The number of esters is 2. The second-order valence-corrected chi connectivity index (χ2v) is 5.33. The van der Waals surface area contributed by atoms with Crippen molar-refractivity contribution in [1.29, 1.82) is 0 Å². The number of benzene rings is 2. The average Bonchev–Trinajstić information content (AvgIpc) is 2.65. The molecule has 126 valence electrons. The third-order valence-corrected chi connectivity index (χ3v) is 3.70. The van der Waals surface area contributed by atoms with Crippen molar-refractivity contribution in [2.24, 2.45) is 0 Å². The second kappa shape index (κ2) is 8.84. The lowest BCUT2D eigenvalue weighted by molar-refractivity contribution is -0.143. The molecule has 0 aliphatic carbocycles. The molecule has 2 aromatic rings. The molecule has 5 nitrogen and oxygen atoms in total. The van der Waals surface area contributed by atoms with Gasteiger partial charge in [0.15, 0.2) is 0 Å². The van der Waals surface area contributed by atoms with Crippen LogP contribution in [0.15, 0.2) is 54.6 Å². The minimum absolute atomic E-state index is 0.301. The lowest BCUT2D eigenvalue weighted by Gasteiger charge is -2.16. The Morgan fingerprint density at radius 3 is 2.17 bits per heavy atom. The molecule has 0 fully saturated rings. The Kier molecular flexibility index (Phi) is 6.51. The van der Waals surface area contributed by atoms with Gasteiger partial charge in [-0.2, -0.15) is 0 Å². The highest BCUT2D eigenvalue weighted by atomic mass is 16.5. The first-order valence-electron chi connectivity index (χ1n) is 7.66. The van der Waals surface area contributed by atoms with E-state index in [9.17, 15) is 9.59 Å². The van der Waals surface area contributed by atoms with Gasteiger partial charge in [-0.3, -0.25) is 4.79 Å². The average molecular weight is 327 g/mol. The summed E-state index contributed by atoms with van der Waals surface area (Å²) in [6, 6.07) is 16.4. The van der Waals surface area contributed by atoms with E-state index in [2.05, 4.69) is 10.1 Å². The quantitative estimate of drug-likeness (QED) is 0.791. The minimum atomic E-state index is -0.433. The molecule has 0 saturated carbocycles. The molecule has 0 aliphatic heterocycles. The number of methoxy groups -OCH3 is 2. The smallest absolute Gasteiger partial charge is 0.337 e. The van der Waals surface area contributed by atoms with E-state index >= 15 is 0 Å². The first kappa shape index (κ1) is 17.7. The number of rotatable bonds is 7. The van der Waals surface area contributed by atoms with E-state index in [1.165, 1.54) is 14.2 Å². The number of hydrogen-bond acceptors (Lipinski definition) is 5. The molecule has 0 amide bonds. The van der Waals surface area contributed by atoms with E-state index in [1.807, 2.05) is 42.5 Å². The Morgan fingerprint density at radius 2 is 1.58 bits per heavy atom. The molecular formula is C19H21NO4. The van der Waals surface area contributed by atoms with Crippen molar-refractivity contribution < 1.29 is 19.1 Å². The Hall–Kier alpha value is -2.66. The molecule has 24 heavy (non-hydrogen) atoms. The zero-order chi connectivity index (χ0) is 17.4. The predicted molar refractivity (Wildman–Crippen MR) is 90.6 cm³/mol. The van der Waals surface area contributed by atoms with Crippen LogP contribution < -0.4 is 5.32 Å². The SMILES string of the molecule is COC(=O)c1ccc(CN[C@H](Cc2ccccc2)C(=O)OC)cc1. The number of carbonyl (C=O) groups is 2. The third kappa shape index (κ3) is 4.93. The molecule has 5 heteroatoms.